The maximum atomic E-state index is 14.5. The van der Waals surface area contributed by atoms with Crippen molar-refractivity contribution in [3.63, 3.8) is 0 Å². The van der Waals surface area contributed by atoms with Crippen molar-refractivity contribution in [2.45, 2.75) is 199 Å². The average Bonchev–Trinajstić information content (AvgIpc) is 3.47. The second-order valence-electron chi connectivity index (χ2n) is 18.5. The molecule has 0 aliphatic carbocycles. The van der Waals surface area contributed by atoms with Crippen LogP contribution in [0.3, 0.4) is 0 Å². The van der Waals surface area contributed by atoms with E-state index in [4.69, 9.17) is 23.7 Å². The molecule has 4 saturated heterocycles. The van der Waals surface area contributed by atoms with Crippen molar-refractivity contribution >= 4 is 11.8 Å². The summed E-state index contributed by atoms with van der Waals surface area (Å²) in [7, 11) is 0. The zero-order valence-corrected chi connectivity index (χ0v) is 34.8. The first-order valence-electron chi connectivity index (χ1n) is 21.1. The number of ether oxygens (including phenoxy) is 5. The van der Waals surface area contributed by atoms with E-state index in [1.54, 1.807) is 19.1 Å². The van der Waals surface area contributed by atoms with E-state index in [0.29, 0.717) is 51.4 Å². The number of Topliss-reactive ketones (excluding diaryl/α,β-unsaturated/α-hetero) is 1. The number of carboxylic acid groups (broad SMARTS) is 1. The molecule has 11 heteroatoms. The number of aliphatic hydroxyl groups excluding tert-OH is 2. The van der Waals surface area contributed by atoms with Gasteiger partial charge in [0.05, 0.1) is 53.7 Å². The van der Waals surface area contributed by atoms with Crippen LogP contribution < -0.4 is 0 Å². The van der Waals surface area contributed by atoms with Gasteiger partial charge >= 0.3 is 5.97 Å². The number of rotatable bonds is 12. The zero-order chi connectivity index (χ0) is 40.1. The molecule has 4 N–H and O–H groups in total. The first kappa shape index (κ1) is 43.7. The molecule has 0 aromatic heterocycles. The van der Waals surface area contributed by atoms with Crippen molar-refractivity contribution in [3.05, 3.63) is 12.2 Å². The maximum Gasteiger partial charge on any atom is 0.309 e. The number of aliphatic carboxylic acids is 1. The normalized spacial score (nSPS) is 46.9. The average molecular weight is 765 g/mol. The van der Waals surface area contributed by atoms with Crippen molar-refractivity contribution < 1.29 is 53.7 Å². The van der Waals surface area contributed by atoms with Crippen molar-refractivity contribution in [1.82, 2.24) is 0 Å². The predicted octanol–water partition coefficient (Wildman–Crippen LogP) is 6.43. The molecule has 5 rings (SSSR count). The summed E-state index contributed by atoms with van der Waals surface area (Å²) in [6.07, 6.45) is 4.75. The Morgan fingerprint density at radius 2 is 1.48 bits per heavy atom. The van der Waals surface area contributed by atoms with Crippen LogP contribution >= 0.6 is 0 Å². The molecule has 5 heterocycles. The van der Waals surface area contributed by atoms with Crippen LogP contribution in [0.4, 0.5) is 0 Å². The summed E-state index contributed by atoms with van der Waals surface area (Å²) in [5.74, 6) is -5.80. The summed E-state index contributed by atoms with van der Waals surface area (Å²) in [5.41, 5.74) is -1.63. The van der Waals surface area contributed by atoms with Crippen molar-refractivity contribution in [2.24, 2.45) is 47.3 Å². The highest BCUT2D eigenvalue weighted by molar-refractivity contribution is 5.84. The van der Waals surface area contributed by atoms with Crippen LogP contribution in [0.15, 0.2) is 12.2 Å². The maximum absolute atomic E-state index is 14.5. The molecule has 1 unspecified atom stereocenters. The molecular weight excluding hydrogens is 692 g/mol. The van der Waals surface area contributed by atoms with E-state index in [9.17, 15) is 30.0 Å². The third-order valence-electron chi connectivity index (χ3n) is 14.8. The van der Waals surface area contributed by atoms with Crippen LogP contribution in [0.2, 0.25) is 0 Å². The lowest BCUT2D eigenvalue weighted by molar-refractivity contribution is -0.409. The minimum atomic E-state index is -1.37. The molecule has 19 atom stereocenters. The lowest BCUT2D eigenvalue weighted by Gasteiger charge is -2.54. The van der Waals surface area contributed by atoms with Gasteiger partial charge in [0.25, 0.3) is 0 Å². The molecule has 11 nitrogen and oxygen atoms in total. The number of hydrogen-bond donors (Lipinski definition) is 4. The van der Waals surface area contributed by atoms with Gasteiger partial charge in [-0.25, -0.2) is 0 Å². The Kier molecular flexibility index (Phi) is 13.3. The van der Waals surface area contributed by atoms with Crippen molar-refractivity contribution in [3.8, 4) is 0 Å². The van der Waals surface area contributed by atoms with Gasteiger partial charge in [0, 0.05) is 30.1 Å². The quantitative estimate of drug-likeness (QED) is 0.162. The lowest BCUT2D eigenvalue weighted by Crippen LogP contribution is -2.63. The zero-order valence-electron chi connectivity index (χ0n) is 34.8. The van der Waals surface area contributed by atoms with Crippen LogP contribution in [0.25, 0.3) is 0 Å². The third kappa shape index (κ3) is 7.88. The summed E-state index contributed by atoms with van der Waals surface area (Å²) in [5, 5.41) is 44.2. The van der Waals surface area contributed by atoms with Gasteiger partial charge in [-0.05, 0) is 95.1 Å². The van der Waals surface area contributed by atoms with Gasteiger partial charge < -0.3 is 44.1 Å². The molecule has 4 fully saturated rings. The molecule has 0 aromatic rings. The molecule has 5 aliphatic heterocycles. The fourth-order valence-corrected chi connectivity index (χ4v) is 10.9. The second-order valence-corrected chi connectivity index (χ2v) is 18.5. The minimum Gasteiger partial charge on any atom is -0.481 e. The van der Waals surface area contributed by atoms with Crippen LogP contribution in [-0.2, 0) is 33.3 Å². The van der Waals surface area contributed by atoms with E-state index < -0.39 is 76.8 Å². The standard InChI is InChI=1S/C43H72O11/c1-12-30(35(46)27(8)34(45)28(9)36-23(4)21-24(5)37(51-36)31(13-2)39(47)48)38-25(6)22-26(7)42(52-38)18-15-32(44)43(54-42)20-19-40(11,53-43)33-16-17-41(49,14-3)29(10)50-33/h15,18,23-34,36-38,44-45,49H,12-14,16-17,19-22H2,1-11H3,(H,47,48)/t23-,24+,25-,26+,27-,28-,29-,30-,31+,32+,33?,34+,36+,37+,38-,40-,41+,42-,43-/m0/s1. The number of hydrogen-bond acceptors (Lipinski definition) is 10. The summed E-state index contributed by atoms with van der Waals surface area (Å²) >= 11 is 0. The topological polar surface area (TPSA) is 161 Å². The molecule has 0 bridgehead atoms. The number of carbonyl (C=O) groups excluding carboxylic acids is 1. The Morgan fingerprint density at radius 3 is 2.07 bits per heavy atom. The molecule has 2 spiro atoms. The lowest BCUT2D eigenvalue weighted by atomic mass is 9.72. The van der Waals surface area contributed by atoms with E-state index in [1.165, 1.54) is 0 Å². The van der Waals surface area contributed by atoms with E-state index in [1.807, 2.05) is 48.5 Å². The molecule has 0 amide bonds. The smallest absolute Gasteiger partial charge is 0.309 e. The van der Waals surface area contributed by atoms with Crippen molar-refractivity contribution in [1.29, 1.82) is 0 Å². The highest BCUT2D eigenvalue weighted by Gasteiger charge is 2.63. The monoisotopic (exact) mass is 765 g/mol. The second kappa shape index (κ2) is 16.4. The van der Waals surface area contributed by atoms with Gasteiger partial charge in [0.1, 0.15) is 11.9 Å². The first-order chi connectivity index (χ1) is 25.2. The summed E-state index contributed by atoms with van der Waals surface area (Å²) in [6, 6.07) is 0. The Morgan fingerprint density at radius 1 is 0.852 bits per heavy atom. The molecule has 0 saturated carbocycles. The Labute approximate surface area is 323 Å². The van der Waals surface area contributed by atoms with Crippen LogP contribution in [0.5, 0.6) is 0 Å². The minimum absolute atomic E-state index is 0.0104. The van der Waals surface area contributed by atoms with E-state index in [2.05, 4.69) is 20.8 Å². The fraction of sp³-hybridized carbons (Fsp3) is 0.907. The largest absolute Gasteiger partial charge is 0.481 e. The van der Waals surface area contributed by atoms with Gasteiger partial charge in [0.15, 0.2) is 5.79 Å². The number of carboxylic acids is 1. The van der Waals surface area contributed by atoms with Gasteiger partial charge in [-0.3, -0.25) is 9.59 Å². The van der Waals surface area contributed by atoms with Gasteiger partial charge in [0.2, 0.25) is 5.79 Å². The van der Waals surface area contributed by atoms with Crippen LogP contribution in [-0.4, -0.2) is 97.7 Å². The molecule has 54 heavy (non-hydrogen) atoms. The van der Waals surface area contributed by atoms with Gasteiger partial charge in [-0.15, -0.1) is 0 Å². The van der Waals surface area contributed by atoms with E-state index in [-0.39, 0.29) is 47.8 Å². The summed E-state index contributed by atoms with van der Waals surface area (Å²) in [4.78, 5) is 26.6. The predicted molar refractivity (Wildman–Crippen MR) is 203 cm³/mol. The summed E-state index contributed by atoms with van der Waals surface area (Å²) < 4.78 is 33.6. The highest BCUT2D eigenvalue weighted by atomic mass is 16.8. The third-order valence-corrected chi connectivity index (χ3v) is 14.8. The first-order valence-corrected chi connectivity index (χ1v) is 21.1. The molecule has 0 radical (unpaired) electrons. The molecule has 0 aromatic carbocycles. The number of ketones is 1. The Bertz CT molecular complexity index is 1360. The fourth-order valence-electron chi connectivity index (χ4n) is 10.9. The number of aliphatic hydroxyl groups is 3. The van der Waals surface area contributed by atoms with Crippen LogP contribution in [0.1, 0.15) is 134 Å². The SMILES string of the molecule is CC[C@@H](C(=O)O)[C@@H]1O[C@@H]([C@@H](C)[C@H](O)[C@H](C)C(=O)[C@H](CC)[C@H]2O[C@]3(C=C[C@@H](O)[C@]4(CC[C@@](C)(C5CC[C@](O)(CC)[C@H](C)O5)O4)O3)[C@H](C)C[C@@H]2C)[C@@H](C)C[C@H]1C. The number of carbonyl (C=O) groups is 2. The van der Waals surface area contributed by atoms with E-state index >= 15 is 0 Å². The van der Waals surface area contributed by atoms with Crippen LogP contribution in [0, 0.1) is 47.3 Å². The van der Waals surface area contributed by atoms with E-state index in [0.717, 1.165) is 6.42 Å². The van der Waals surface area contributed by atoms with Gasteiger partial charge in [-0.1, -0.05) is 62.3 Å². The summed E-state index contributed by atoms with van der Waals surface area (Å²) in [6.45, 7) is 21.7. The molecule has 310 valence electrons. The van der Waals surface area contributed by atoms with Gasteiger partial charge in [-0.2, -0.15) is 0 Å². The molecule has 5 aliphatic rings. The Hall–Kier alpha value is -1.44. The highest BCUT2D eigenvalue weighted by Crippen LogP contribution is 2.54. The Balaban J connectivity index is 1.32. The van der Waals surface area contributed by atoms with Crippen molar-refractivity contribution in [2.75, 3.05) is 0 Å². The molecular formula is C43H72O11.